The number of likely N-dealkylation sites (tertiary alicyclic amines) is 2. The first kappa shape index (κ1) is 20.9. The summed E-state index contributed by atoms with van der Waals surface area (Å²) in [5, 5.41) is 0. The zero-order chi connectivity index (χ0) is 19.5. The highest BCUT2D eigenvalue weighted by Crippen LogP contribution is 2.35. The molecule has 1 atom stereocenters. The van der Waals surface area contributed by atoms with Crippen LogP contribution in [0.15, 0.2) is 0 Å². The number of nitrogens with zero attached hydrogens (tertiary/aromatic N) is 2. The van der Waals surface area contributed by atoms with Crippen molar-refractivity contribution in [1.82, 2.24) is 9.80 Å². The van der Waals surface area contributed by atoms with E-state index in [0.717, 1.165) is 38.8 Å². The largest absolute Gasteiger partial charge is 0.342 e. The van der Waals surface area contributed by atoms with Crippen molar-refractivity contribution in [2.24, 2.45) is 23.2 Å². The number of carbonyl (C=O) groups is 3. The maximum Gasteiger partial charge on any atom is 0.233 e. The summed E-state index contributed by atoms with van der Waals surface area (Å²) >= 11 is 0. The zero-order valence-electron chi connectivity index (χ0n) is 17.2. The van der Waals surface area contributed by atoms with Crippen LogP contribution < -0.4 is 0 Å². The Morgan fingerprint density at radius 1 is 1.08 bits per heavy atom. The van der Waals surface area contributed by atoms with Gasteiger partial charge in [0.1, 0.15) is 0 Å². The SMILES string of the molecule is CC(C)C1CN(C(=O)CCCCCCN2C(=O)CC(C(C)(C)C)C2=O)C1. The lowest BCUT2D eigenvalue weighted by Crippen LogP contribution is -2.51. The molecule has 5 heteroatoms. The molecule has 0 aliphatic carbocycles. The summed E-state index contributed by atoms with van der Waals surface area (Å²) in [6, 6.07) is 0. The first-order valence-electron chi connectivity index (χ1n) is 10.2. The van der Waals surface area contributed by atoms with Crippen molar-refractivity contribution < 1.29 is 14.4 Å². The lowest BCUT2D eigenvalue weighted by molar-refractivity contribution is -0.140. The summed E-state index contributed by atoms with van der Waals surface area (Å²) in [5.41, 5.74) is -0.159. The third kappa shape index (κ3) is 5.08. The molecule has 0 aromatic carbocycles. The molecule has 0 N–H and O–H groups in total. The molecule has 0 saturated carbocycles. The van der Waals surface area contributed by atoms with Crippen molar-refractivity contribution in [2.75, 3.05) is 19.6 Å². The fourth-order valence-electron chi connectivity index (χ4n) is 3.79. The molecule has 2 aliphatic rings. The van der Waals surface area contributed by atoms with Gasteiger partial charge in [-0.2, -0.15) is 0 Å². The van der Waals surface area contributed by atoms with Crippen LogP contribution in [0, 0.1) is 23.2 Å². The fourth-order valence-corrected chi connectivity index (χ4v) is 3.79. The van der Waals surface area contributed by atoms with Crippen LogP contribution in [0.1, 0.15) is 73.1 Å². The van der Waals surface area contributed by atoms with E-state index < -0.39 is 0 Å². The maximum atomic E-state index is 12.4. The van der Waals surface area contributed by atoms with Gasteiger partial charge in [-0.25, -0.2) is 0 Å². The van der Waals surface area contributed by atoms with Gasteiger partial charge in [0.05, 0.1) is 5.92 Å². The second kappa shape index (κ2) is 8.53. The van der Waals surface area contributed by atoms with E-state index in [-0.39, 0.29) is 29.1 Å². The third-order valence-electron chi connectivity index (χ3n) is 6.02. The number of unbranched alkanes of at least 4 members (excludes halogenated alkanes) is 3. The van der Waals surface area contributed by atoms with Crippen molar-refractivity contribution in [3.8, 4) is 0 Å². The molecule has 0 spiro atoms. The highest BCUT2D eigenvalue weighted by molar-refractivity contribution is 6.03. The predicted octanol–water partition coefficient (Wildman–Crippen LogP) is 3.47. The van der Waals surface area contributed by atoms with E-state index in [1.54, 1.807) is 0 Å². The summed E-state index contributed by atoms with van der Waals surface area (Å²) in [7, 11) is 0. The Bertz CT molecular complexity index is 530. The van der Waals surface area contributed by atoms with Gasteiger partial charge in [0, 0.05) is 32.5 Å². The maximum absolute atomic E-state index is 12.4. The Hall–Kier alpha value is -1.39. The van der Waals surface area contributed by atoms with Gasteiger partial charge in [-0.15, -0.1) is 0 Å². The van der Waals surface area contributed by atoms with Gasteiger partial charge >= 0.3 is 0 Å². The van der Waals surface area contributed by atoms with Crippen LogP contribution in [-0.4, -0.2) is 47.2 Å². The molecular formula is C21H36N2O3. The lowest BCUT2D eigenvalue weighted by Gasteiger charge is -2.41. The summed E-state index contributed by atoms with van der Waals surface area (Å²) in [6.07, 6.45) is 4.64. The van der Waals surface area contributed by atoms with Gasteiger partial charge in [-0.05, 0) is 30.1 Å². The van der Waals surface area contributed by atoms with Gasteiger partial charge in [-0.3, -0.25) is 19.3 Å². The molecule has 0 bridgehead atoms. The fraction of sp³-hybridized carbons (Fsp3) is 0.857. The van der Waals surface area contributed by atoms with Crippen LogP contribution in [0.25, 0.3) is 0 Å². The van der Waals surface area contributed by atoms with Crippen LogP contribution in [0.5, 0.6) is 0 Å². The molecule has 2 rings (SSSR count). The van der Waals surface area contributed by atoms with E-state index in [1.807, 2.05) is 25.7 Å². The Morgan fingerprint density at radius 3 is 2.23 bits per heavy atom. The molecular weight excluding hydrogens is 328 g/mol. The summed E-state index contributed by atoms with van der Waals surface area (Å²) < 4.78 is 0. The lowest BCUT2D eigenvalue weighted by atomic mass is 9.80. The molecule has 2 aliphatic heterocycles. The van der Waals surface area contributed by atoms with E-state index in [1.165, 1.54) is 4.90 Å². The van der Waals surface area contributed by atoms with Gasteiger partial charge < -0.3 is 4.90 Å². The molecule has 0 aromatic rings. The molecule has 3 amide bonds. The number of carbonyl (C=O) groups excluding carboxylic acids is 3. The standard InChI is InChI=1S/C21H36N2O3/c1-15(2)16-13-22(14-16)18(24)10-8-6-7-9-11-23-19(25)12-17(20(23)26)21(3,4)5/h15-17H,6-14H2,1-5H3. The van der Waals surface area contributed by atoms with E-state index >= 15 is 0 Å². The Morgan fingerprint density at radius 2 is 1.69 bits per heavy atom. The minimum Gasteiger partial charge on any atom is -0.342 e. The topological polar surface area (TPSA) is 57.7 Å². The minimum atomic E-state index is -0.182. The van der Waals surface area contributed by atoms with Crippen molar-refractivity contribution in [2.45, 2.75) is 73.1 Å². The number of hydrogen-bond donors (Lipinski definition) is 0. The smallest absolute Gasteiger partial charge is 0.233 e. The molecule has 2 fully saturated rings. The van der Waals surface area contributed by atoms with E-state index in [0.29, 0.717) is 31.2 Å². The normalized spacial score (nSPS) is 21.7. The second-order valence-corrected chi connectivity index (χ2v) is 9.47. The number of rotatable bonds is 8. The highest BCUT2D eigenvalue weighted by atomic mass is 16.2. The average Bonchev–Trinajstić information content (AvgIpc) is 2.76. The third-order valence-corrected chi connectivity index (χ3v) is 6.02. The average molecular weight is 365 g/mol. The molecule has 0 radical (unpaired) electrons. The quantitative estimate of drug-likeness (QED) is 0.489. The Kier molecular flexibility index (Phi) is 6.86. The Balaban J connectivity index is 1.58. The predicted molar refractivity (Wildman–Crippen MR) is 102 cm³/mol. The van der Waals surface area contributed by atoms with Crippen LogP contribution >= 0.6 is 0 Å². The van der Waals surface area contributed by atoms with Gasteiger partial charge in [0.2, 0.25) is 17.7 Å². The summed E-state index contributed by atoms with van der Waals surface area (Å²) in [4.78, 5) is 40.0. The first-order chi connectivity index (χ1) is 12.1. The first-order valence-corrected chi connectivity index (χ1v) is 10.2. The zero-order valence-corrected chi connectivity index (χ0v) is 17.2. The molecule has 1 unspecified atom stereocenters. The molecule has 5 nitrogen and oxygen atoms in total. The van der Waals surface area contributed by atoms with Crippen LogP contribution in [-0.2, 0) is 14.4 Å². The number of imide groups is 1. The van der Waals surface area contributed by atoms with Crippen molar-refractivity contribution in [3.63, 3.8) is 0 Å². The Labute approximate surface area is 158 Å². The van der Waals surface area contributed by atoms with Crippen molar-refractivity contribution >= 4 is 17.7 Å². The molecule has 0 aromatic heterocycles. The number of hydrogen-bond acceptors (Lipinski definition) is 3. The minimum absolute atomic E-state index is 0.00447. The van der Waals surface area contributed by atoms with E-state index in [4.69, 9.17) is 0 Å². The van der Waals surface area contributed by atoms with Gasteiger partial charge in [0.15, 0.2) is 0 Å². The van der Waals surface area contributed by atoms with Crippen LogP contribution in [0.2, 0.25) is 0 Å². The van der Waals surface area contributed by atoms with Crippen molar-refractivity contribution in [3.05, 3.63) is 0 Å². The van der Waals surface area contributed by atoms with Gasteiger partial charge in [-0.1, -0.05) is 47.5 Å². The molecule has 148 valence electrons. The molecule has 2 saturated heterocycles. The van der Waals surface area contributed by atoms with E-state index in [2.05, 4.69) is 13.8 Å². The monoisotopic (exact) mass is 364 g/mol. The van der Waals surface area contributed by atoms with Gasteiger partial charge in [0.25, 0.3) is 0 Å². The van der Waals surface area contributed by atoms with Crippen LogP contribution in [0.3, 0.4) is 0 Å². The summed E-state index contributed by atoms with van der Waals surface area (Å²) in [6.45, 7) is 12.9. The van der Waals surface area contributed by atoms with E-state index in [9.17, 15) is 14.4 Å². The number of amides is 3. The summed E-state index contributed by atoms with van der Waals surface area (Å²) in [5.74, 6) is 1.40. The van der Waals surface area contributed by atoms with Crippen molar-refractivity contribution in [1.29, 1.82) is 0 Å². The van der Waals surface area contributed by atoms with Crippen LogP contribution in [0.4, 0.5) is 0 Å². The highest BCUT2D eigenvalue weighted by Gasteiger charge is 2.44. The molecule has 2 heterocycles. The molecule has 26 heavy (non-hydrogen) atoms. The second-order valence-electron chi connectivity index (χ2n) is 9.47.